The van der Waals surface area contributed by atoms with Crippen LogP contribution < -0.4 is 10.9 Å². The predicted octanol–water partition coefficient (Wildman–Crippen LogP) is 1.80. The van der Waals surface area contributed by atoms with E-state index in [-0.39, 0.29) is 11.5 Å². The number of amides is 1. The lowest BCUT2D eigenvalue weighted by molar-refractivity contribution is 0.0963. The molecule has 5 heteroatoms. The topological polar surface area (TPSA) is 64.0 Å². The van der Waals surface area contributed by atoms with Crippen LogP contribution in [0.5, 0.6) is 0 Å². The average molecular weight is 293 g/mol. The number of fused-ring (bicyclic) bond motifs is 1. The van der Waals surface area contributed by atoms with Crippen LogP contribution in [0, 0.1) is 0 Å². The molecule has 110 valence electrons. The minimum absolute atomic E-state index is 0.189. The summed E-state index contributed by atoms with van der Waals surface area (Å²) >= 11 is 0. The standard InChI is InChI=1S/C17H15N3O2/c1-18-17(22)13-7-8-14-15(9-13)20(16(21)10-19-14)11-12-5-3-2-4-6-12/h2-10H,11H2,1H3,(H,18,22). The molecule has 1 N–H and O–H groups in total. The monoisotopic (exact) mass is 293 g/mol. The normalized spacial score (nSPS) is 10.6. The zero-order chi connectivity index (χ0) is 15.5. The van der Waals surface area contributed by atoms with E-state index in [1.54, 1.807) is 29.8 Å². The minimum Gasteiger partial charge on any atom is -0.355 e. The zero-order valence-corrected chi connectivity index (χ0v) is 12.1. The van der Waals surface area contributed by atoms with Crippen LogP contribution in [0.3, 0.4) is 0 Å². The van der Waals surface area contributed by atoms with Gasteiger partial charge in [-0.15, -0.1) is 0 Å². The molecular weight excluding hydrogens is 278 g/mol. The highest BCUT2D eigenvalue weighted by Gasteiger charge is 2.09. The molecule has 0 unspecified atom stereocenters. The Balaban J connectivity index is 2.16. The van der Waals surface area contributed by atoms with Gasteiger partial charge in [0.15, 0.2) is 0 Å². The number of carbonyl (C=O) groups excluding carboxylic acids is 1. The average Bonchev–Trinajstić information content (AvgIpc) is 2.57. The van der Waals surface area contributed by atoms with Gasteiger partial charge in [0, 0.05) is 12.6 Å². The molecule has 22 heavy (non-hydrogen) atoms. The van der Waals surface area contributed by atoms with Crippen LogP contribution in [0.1, 0.15) is 15.9 Å². The first-order chi connectivity index (χ1) is 10.7. The Bertz CT molecular complexity index is 885. The van der Waals surface area contributed by atoms with Crippen LogP contribution in [0.2, 0.25) is 0 Å². The summed E-state index contributed by atoms with van der Waals surface area (Å²) in [4.78, 5) is 28.1. The van der Waals surface area contributed by atoms with Crippen molar-refractivity contribution >= 4 is 16.9 Å². The molecule has 3 rings (SSSR count). The van der Waals surface area contributed by atoms with E-state index in [4.69, 9.17) is 0 Å². The second-order valence-corrected chi connectivity index (χ2v) is 4.95. The van der Waals surface area contributed by atoms with Gasteiger partial charge < -0.3 is 9.88 Å². The van der Waals surface area contributed by atoms with Gasteiger partial charge in [0.2, 0.25) is 0 Å². The summed E-state index contributed by atoms with van der Waals surface area (Å²) in [6.07, 6.45) is 1.31. The molecular formula is C17H15N3O2. The van der Waals surface area contributed by atoms with Crippen molar-refractivity contribution in [1.82, 2.24) is 14.9 Å². The van der Waals surface area contributed by atoms with Crippen molar-refractivity contribution < 1.29 is 4.79 Å². The van der Waals surface area contributed by atoms with Gasteiger partial charge in [0.25, 0.3) is 11.5 Å². The third kappa shape index (κ3) is 2.61. The molecule has 3 aromatic rings. The number of hydrogen-bond donors (Lipinski definition) is 1. The summed E-state index contributed by atoms with van der Waals surface area (Å²) in [5, 5.41) is 2.58. The Labute approximate surface area is 127 Å². The highest BCUT2D eigenvalue weighted by atomic mass is 16.1. The van der Waals surface area contributed by atoms with Gasteiger partial charge in [-0.3, -0.25) is 9.59 Å². The third-order valence-corrected chi connectivity index (χ3v) is 3.52. The molecule has 1 heterocycles. The fourth-order valence-corrected chi connectivity index (χ4v) is 2.38. The SMILES string of the molecule is CNC(=O)c1ccc2ncc(=O)n(Cc3ccccc3)c2c1. The van der Waals surface area contributed by atoms with Crippen LogP contribution in [-0.2, 0) is 6.54 Å². The second kappa shape index (κ2) is 5.81. The maximum atomic E-state index is 12.2. The van der Waals surface area contributed by atoms with Crippen LogP contribution in [0.25, 0.3) is 11.0 Å². The molecule has 0 saturated heterocycles. The molecule has 2 aromatic carbocycles. The van der Waals surface area contributed by atoms with E-state index in [0.29, 0.717) is 23.1 Å². The fourth-order valence-electron chi connectivity index (χ4n) is 2.38. The first kappa shape index (κ1) is 14.0. The molecule has 0 bridgehead atoms. The number of hydrogen-bond acceptors (Lipinski definition) is 3. The van der Waals surface area contributed by atoms with Gasteiger partial charge in [0.1, 0.15) is 0 Å². The van der Waals surface area contributed by atoms with Crippen LogP contribution in [-0.4, -0.2) is 22.5 Å². The summed E-state index contributed by atoms with van der Waals surface area (Å²) in [6.45, 7) is 0.440. The lowest BCUT2D eigenvalue weighted by Gasteiger charge is -2.10. The Morgan fingerprint density at radius 2 is 1.95 bits per heavy atom. The number of aromatic nitrogens is 2. The van der Waals surface area contributed by atoms with Gasteiger partial charge in [-0.05, 0) is 23.8 Å². The Kier molecular flexibility index (Phi) is 3.70. The largest absolute Gasteiger partial charge is 0.355 e. The molecule has 1 amide bonds. The molecule has 0 saturated carbocycles. The summed E-state index contributed by atoms with van der Waals surface area (Å²) < 4.78 is 1.63. The number of nitrogens with zero attached hydrogens (tertiary/aromatic N) is 2. The Morgan fingerprint density at radius 1 is 1.18 bits per heavy atom. The molecule has 0 aliphatic carbocycles. The van der Waals surface area contributed by atoms with Gasteiger partial charge in [0.05, 0.1) is 23.8 Å². The Hall–Kier alpha value is -2.95. The smallest absolute Gasteiger partial charge is 0.269 e. The molecule has 0 fully saturated rings. The van der Waals surface area contributed by atoms with E-state index in [9.17, 15) is 9.59 Å². The van der Waals surface area contributed by atoms with Crippen molar-refractivity contribution in [3.8, 4) is 0 Å². The van der Waals surface area contributed by atoms with Gasteiger partial charge in [-0.1, -0.05) is 30.3 Å². The minimum atomic E-state index is -0.190. The first-order valence-corrected chi connectivity index (χ1v) is 6.94. The Morgan fingerprint density at radius 3 is 2.68 bits per heavy atom. The molecule has 0 radical (unpaired) electrons. The number of benzene rings is 2. The molecule has 0 aliphatic heterocycles. The van der Waals surface area contributed by atoms with Crippen molar-refractivity contribution in [2.45, 2.75) is 6.54 Å². The summed E-state index contributed by atoms with van der Waals surface area (Å²) in [5.41, 5.74) is 2.66. The van der Waals surface area contributed by atoms with Crippen molar-refractivity contribution in [3.05, 3.63) is 76.2 Å². The second-order valence-electron chi connectivity index (χ2n) is 4.95. The lowest BCUT2D eigenvalue weighted by Crippen LogP contribution is -2.22. The molecule has 0 atom stereocenters. The van der Waals surface area contributed by atoms with Gasteiger partial charge >= 0.3 is 0 Å². The summed E-state index contributed by atoms with van der Waals surface area (Å²) in [7, 11) is 1.58. The van der Waals surface area contributed by atoms with Gasteiger partial charge in [-0.2, -0.15) is 0 Å². The van der Waals surface area contributed by atoms with E-state index in [0.717, 1.165) is 5.56 Å². The summed E-state index contributed by atoms with van der Waals surface area (Å²) in [6, 6.07) is 14.9. The van der Waals surface area contributed by atoms with Crippen molar-refractivity contribution in [2.24, 2.45) is 0 Å². The van der Waals surface area contributed by atoms with Crippen LogP contribution in [0.4, 0.5) is 0 Å². The molecule has 0 spiro atoms. The number of carbonyl (C=O) groups is 1. The maximum absolute atomic E-state index is 12.2. The molecule has 5 nitrogen and oxygen atoms in total. The van der Waals surface area contributed by atoms with E-state index in [1.807, 2.05) is 30.3 Å². The van der Waals surface area contributed by atoms with E-state index in [1.165, 1.54) is 6.20 Å². The maximum Gasteiger partial charge on any atom is 0.269 e. The quantitative estimate of drug-likeness (QED) is 0.801. The molecule has 1 aromatic heterocycles. The van der Waals surface area contributed by atoms with Crippen molar-refractivity contribution in [2.75, 3.05) is 7.05 Å². The zero-order valence-electron chi connectivity index (χ0n) is 12.1. The highest BCUT2D eigenvalue weighted by Crippen LogP contribution is 2.14. The molecule has 0 aliphatic rings. The first-order valence-electron chi connectivity index (χ1n) is 6.94. The van der Waals surface area contributed by atoms with Crippen molar-refractivity contribution in [3.63, 3.8) is 0 Å². The predicted molar refractivity (Wildman–Crippen MR) is 84.9 cm³/mol. The number of nitrogens with one attached hydrogen (secondary N) is 1. The number of rotatable bonds is 3. The summed E-state index contributed by atoms with van der Waals surface area (Å²) in [5.74, 6) is -0.190. The lowest BCUT2D eigenvalue weighted by atomic mass is 10.1. The van der Waals surface area contributed by atoms with E-state index < -0.39 is 0 Å². The van der Waals surface area contributed by atoms with Gasteiger partial charge in [-0.25, -0.2) is 4.98 Å². The van der Waals surface area contributed by atoms with Crippen LogP contribution in [0.15, 0.2) is 59.5 Å². The van der Waals surface area contributed by atoms with E-state index in [2.05, 4.69) is 10.3 Å². The fraction of sp³-hybridized carbons (Fsp3) is 0.118. The third-order valence-electron chi connectivity index (χ3n) is 3.52. The highest BCUT2D eigenvalue weighted by molar-refractivity contribution is 5.97. The van der Waals surface area contributed by atoms with Crippen molar-refractivity contribution in [1.29, 1.82) is 0 Å². The van der Waals surface area contributed by atoms with Crippen LogP contribution >= 0.6 is 0 Å². The van der Waals surface area contributed by atoms with E-state index >= 15 is 0 Å².